The number of hydrogen-bond acceptors (Lipinski definition) is 3. The molecular formula is C23H25F6N3O. The van der Waals surface area contributed by atoms with Crippen LogP contribution in [0.5, 0.6) is 0 Å². The third kappa shape index (κ3) is 4.76. The van der Waals surface area contributed by atoms with Crippen molar-refractivity contribution in [2.75, 3.05) is 13.1 Å². The smallest absolute Gasteiger partial charge is 0.417 e. The summed E-state index contributed by atoms with van der Waals surface area (Å²) < 4.78 is 87.7. The molecule has 0 saturated heterocycles. The Balaban J connectivity index is 1.81. The van der Waals surface area contributed by atoms with Crippen LogP contribution in [0.25, 0.3) is 17.0 Å². The summed E-state index contributed by atoms with van der Waals surface area (Å²) in [5, 5.41) is 4.42. The number of aryl methyl sites for hydroxylation is 2. The number of aromatic nitrogens is 2. The number of oxazole rings is 1. The van der Waals surface area contributed by atoms with Crippen LogP contribution in [0.15, 0.2) is 22.6 Å². The third-order valence-corrected chi connectivity index (χ3v) is 5.97. The van der Waals surface area contributed by atoms with Crippen molar-refractivity contribution >= 4 is 5.71 Å². The van der Waals surface area contributed by atoms with Crippen LogP contribution in [0.4, 0.5) is 26.3 Å². The predicted molar refractivity (Wildman–Crippen MR) is 111 cm³/mol. The van der Waals surface area contributed by atoms with Crippen molar-refractivity contribution in [1.29, 1.82) is 0 Å². The Morgan fingerprint density at radius 3 is 2.36 bits per heavy atom. The summed E-state index contributed by atoms with van der Waals surface area (Å²) in [6.07, 6.45) is -6.53. The molecule has 0 aliphatic heterocycles. The SMILES string of the molecule is CCCN(Cc1c(C)nn2c(-c3ccc(C(F)(F)F)cc3C(F)(F)F)c(C)oc12)CC1CC1. The van der Waals surface area contributed by atoms with Gasteiger partial charge in [-0.25, -0.2) is 0 Å². The minimum atomic E-state index is -4.99. The monoisotopic (exact) mass is 473 g/mol. The van der Waals surface area contributed by atoms with Gasteiger partial charge in [-0.15, -0.1) is 0 Å². The number of alkyl halides is 6. The lowest BCUT2D eigenvalue weighted by Crippen LogP contribution is -2.26. The van der Waals surface area contributed by atoms with Crippen molar-refractivity contribution in [3.63, 3.8) is 0 Å². The maximum atomic E-state index is 13.8. The van der Waals surface area contributed by atoms with Gasteiger partial charge in [0.15, 0.2) is 0 Å². The Morgan fingerprint density at radius 1 is 1.09 bits per heavy atom. The fourth-order valence-corrected chi connectivity index (χ4v) is 4.22. The quantitative estimate of drug-likeness (QED) is 0.351. The summed E-state index contributed by atoms with van der Waals surface area (Å²) in [6.45, 7) is 7.69. The Kier molecular flexibility index (Phi) is 6.01. The highest BCUT2D eigenvalue weighted by Crippen LogP contribution is 2.42. The molecule has 1 aromatic carbocycles. The number of benzene rings is 1. The van der Waals surface area contributed by atoms with Crippen LogP contribution in [0.2, 0.25) is 0 Å². The Labute approximate surface area is 187 Å². The van der Waals surface area contributed by atoms with E-state index in [1.54, 1.807) is 6.92 Å². The summed E-state index contributed by atoms with van der Waals surface area (Å²) in [4.78, 5) is 2.29. The maximum absolute atomic E-state index is 13.8. The minimum Gasteiger partial charge on any atom is -0.441 e. The molecular weight excluding hydrogens is 448 g/mol. The van der Waals surface area contributed by atoms with Crippen molar-refractivity contribution in [3.05, 3.63) is 46.3 Å². The van der Waals surface area contributed by atoms with Crippen LogP contribution in [0, 0.1) is 19.8 Å². The van der Waals surface area contributed by atoms with Gasteiger partial charge in [0.05, 0.1) is 22.4 Å². The lowest BCUT2D eigenvalue weighted by molar-refractivity contribution is -0.142. The molecule has 180 valence electrons. The summed E-state index contributed by atoms with van der Waals surface area (Å²) in [6, 6.07) is 1.64. The second kappa shape index (κ2) is 8.38. The molecule has 0 unspecified atom stereocenters. The van der Waals surface area contributed by atoms with Gasteiger partial charge in [0, 0.05) is 18.7 Å². The van der Waals surface area contributed by atoms with Crippen LogP contribution < -0.4 is 0 Å². The molecule has 33 heavy (non-hydrogen) atoms. The second-order valence-electron chi connectivity index (χ2n) is 8.72. The number of halogens is 6. The van der Waals surface area contributed by atoms with Crippen molar-refractivity contribution in [2.24, 2.45) is 5.92 Å². The molecule has 2 aromatic heterocycles. The van der Waals surface area contributed by atoms with E-state index in [1.807, 2.05) is 0 Å². The molecule has 0 atom stereocenters. The molecule has 1 aliphatic carbocycles. The fraction of sp³-hybridized carbons (Fsp3) is 0.522. The first kappa shape index (κ1) is 23.7. The third-order valence-electron chi connectivity index (χ3n) is 5.97. The van der Waals surface area contributed by atoms with Crippen molar-refractivity contribution in [2.45, 2.75) is 58.9 Å². The molecule has 1 aliphatic rings. The van der Waals surface area contributed by atoms with E-state index in [4.69, 9.17) is 4.42 Å². The first-order chi connectivity index (χ1) is 15.4. The zero-order valence-corrected chi connectivity index (χ0v) is 18.6. The van der Waals surface area contributed by atoms with E-state index in [0.717, 1.165) is 31.1 Å². The van der Waals surface area contributed by atoms with E-state index < -0.39 is 29.0 Å². The first-order valence-corrected chi connectivity index (χ1v) is 10.9. The molecule has 4 rings (SSSR count). The number of hydrogen-bond donors (Lipinski definition) is 0. The summed E-state index contributed by atoms with van der Waals surface area (Å²) in [7, 11) is 0. The minimum absolute atomic E-state index is 0.00429. The highest BCUT2D eigenvalue weighted by molar-refractivity contribution is 5.71. The fourth-order valence-electron chi connectivity index (χ4n) is 4.22. The molecule has 0 radical (unpaired) electrons. The van der Waals surface area contributed by atoms with E-state index in [2.05, 4.69) is 16.9 Å². The zero-order chi connectivity index (χ0) is 24.1. The lowest BCUT2D eigenvalue weighted by atomic mass is 10.00. The highest BCUT2D eigenvalue weighted by Gasteiger charge is 2.39. The Hall–Kier alpha value is -2.49. The Bertz CT molecular complexity index is 1150. The van der Waals surface area contributed by atoms with Crippen molar-refractivity contribution < 1.29 is 30.8 Å². The van der Waals surface area contributed by atoms with Gasteiger partial charge >= 0.3 is 12.4 Å². The molecule has 1 saturated carbocycles. The van der Waals surface area contributed by atoms with E-state index in [0.29, 0.717) is 29.9 Å². The van der Waals surface area contributed by atoms with Crippen LogP contribution in [0.1, 0.15) is 54.3 Å². The molecule has 1 fully saturated rings. The number of nitrogens with zero attached hydrogens (tertiary/aromatic N) is 3. The molecule has 4 nitrogen and oxygen atoms in total. The lowest BCUT2D eigenvalue weighted by Gasteiger charge is -2.20. The number of fused-ring (bicyclic) bond motifs is 1. The highest BCUT2D eigenvalue weighted by atomic mass is 19.4. The van der Waals surface area contributed by atoms with E-state index >= 15 is 0 Å². The van der Waals surface area contributed by atoms with Crippen LogP contribution in [-0.2, 0) is 18.9 Å². The molecule has 10 heteroatoms. The molecule has 0 bridgehead atoms. The second-order valence-corrected chi connectivity index (χ2v) is 8.72. The largest absolute Gasteiger partial charge is 0.441 e. The van der Waals surface area contributed by atoms with Crippen LogP contribution in [-0.4, -0.2) is 27.6 Å². The van der Waals surface area contributed by atoms with Crippen LogP contribution >= 0.6 is 0 Å². The van der Waals surface area contributed by atoms with Gasteiger partial charge in [0.1, 0.15) is 11.5 Å². The Morgan fingerprint density at radius 2 is 1.79 bits per heavy atom. The van der Waals surface area contributed by atoms with Gasteiger partial charge in [-0.3, -0.25) is 4.90 Å². The molecule has 0 N–H and O–H groups in total. The van der Waals surface area contributed by atoms with Gasteiger partial charge in [-0.1, -0.05) is 13.0 Å². The van der Waals surface area contributed by atoms with Gasteiger partial charge in [-0.2, -0.15) is 36.0 Å². The maximum Gasteiger partial charge on any atom is 0.417 e. The summed E-state index contributed by atoms with van der Waals surface area (Å²) in [5.41, 5.74) is -1.41. The van der Waals surface area contributed by atoms with Crippen molar-refractivity contribution in [3.8, 4) is 11.3 Å². The predicted octanol–water partition coefficient (Wildman–Crippen LogP) is 6.87. The average molecular weight is 473 g/mol. The van der Waals surface area contributed by atoms with E-state index in [1.165, 1.54) is 24.3 Å². The van der Waals surface area contributed by atoms with E-state index in [9.17, 15) is 26.3 Å². The first-order valence-electron chi connectivity index (χ1n) is 10.9. The van der Waals surface area contributed by atoms with E-state index in [-0.39, 0.29) is 17.5 Å². The van der Waals surface area contributed by atoms with Crippen molar-refractivity contribution in [1.82, 2.24) is 14.5 Å². The molecule has 2 heterocycles. The average Bonchev–Trinajstić information content (AvgIpc) is 3.40. The molecule has 0 amide bonds. The zero-order valence-electron chi connectivity index (χ0n) is 18.6. The van der Waals surface area contributed by atoms with Gasteiger partial charge in [-0.05, 0) is 57.7 Å². The standard InChI is InChI=1S/C23H25F6N3O/c1-4-9-31(11-15-5-6-15)12-18-13(2)30-32-20(14(3)33-21(18)32)17-8-7-16(22(24,25)26)10-19(17)23(27,28)29/h7-8,10,15H,4-6,9,11-12H2,1-3H3. The molecule has 0 spiro atoms. The molecule has 3 aromatic rings. The van der Waals surface area contributed by atoms with Gasteiger partial charge in [0.2, 0.25) is 5.71 Å². The topological polar surface area (TPSA) is 33.7 Å². The van der Waals surface area contributed by atoms with Gasteiger partial charge in [0.25, 0.3) is 0 Å². The normalized spacial score (nSPS) is 15.2. The summed E-state index contributed by atoms with van der Waals surface area (Å²) >= 11 is 0. The van der Waals surface area contributed by atoms with Gasteiger partial charge < -0.3 is 4.42 Å². The van der Waals surface area contributed by atoms with Crippen LogP contribution in [0.3, 0.4) is 0 Å². The number of rotatable bonds is 7. The summed E-state index contributed by atoms with van der Waals surface area (Å²) in [5.74, 6) is 0.826.